The van der Waals surface area contributed by atoms with E-state index in [0.717, 1.165) is 6.08 Å². The second-order valence-electron chi connectivity index (χ2n) is 3.10. The lowest BCUT2D eigenvalue weighted by Gasteiger charge is -2.12. The molecule has 0 bridgehead atoms. The summed E-state index contributed by atoms with van der Waals surface area (Å²) in [5.41, 5.74) is 0.225. The van der Waals surface area contributed by atoms with Crippen molar-refractivity contribution < 1.29 is 19.4 Å². The molecular weight excluding hydrogens is 196 g/mol. The predicted molar refractivity (Wildman–Crippen MR) is 52.5 cm³/mol. The minimum Gasteiger partial charge on any atom is -0.504 e. The molecule has 1 aromatic rings. The summed E-state index contributed by atoms with van der Waals surface area (Å²) in [4.78, 5) is 22.9. The highest BCUT2D eigenvalue weighted by molar-refractivity contribution is 6.23. The summed E-state index contributed by atoms with van der Waals surface area (Å²) in [6.07, 6.45) is 2.33. The molecule has 76 valence electrons. The molecule has 0 heterocycles. The topological polar surface area (TPSA) is 63.6 Å². The van der Waals surface area contributed by atoms with E-state index in [2.05, 4.69) is 0 Å². The largest absolute Gasteiger partial charge is 0.504 e. The van der Waals surface area contributed by atoms with Crippen molar-refractivity contribution in [2.75, 3.05) is 7.11 Å². The van der Waals surface area contributed by atoms with Gasteiger partial charge in [-0.15, -0.1) is 0 Å². The van der Waals surface area contributed by atoms with Crippen molar-refractivity contribution in [2.24, 2.45) is 0 Å². The van der Waals surface area contributed by atoms with Crippen LogP contribution in [0.15, 0.2) is 24.3 Å². The lowest BCUT2D eigenvalue weighted by atomic mass is 9.94. The van der Waals surface area contributed by atoms with Crippen molar-refractivity contribution in [3.8, 4) is 11.5 Å². The van der Waals surface area contributed by atoms with E-state index in [-0.39, 0.29) is 34.2 Å². The molecule has 0 saturated heterocycles. The van der Waals surface area contributed by atoms with Gasteiger partial charge >= 0.3 is 0 Å². The van der Waals surface area contributed by atoms with Crippen LogP contribution in [0.5, 0.6) is 11.5 Å². The number of rotatable bonds is 1. The molecule has 1 aliphatic rings. The molecule has 1 aromatic carbocycles. The van der Waals surface area contributed by atoms with Crippen LogP contribution in [0.1, 0.15) is 20.7 Å². The Balaban J connectivity index is 2.72. The Kier molecular flexibility index (Phi) is 2.04. The first kappa shape index (κ1) is 9.45. The van der Waals surface area contributed by atoms with Crippen molar-refractivity contribution in [2.45, 2.75) is 0 Å². The number of ether oxygens (including phenoxy) is 1. The second kappa shape index (κ2) is 3.24. The number of hydrogen-bond donors (Lipinski definition) is 1. The molecule has 2 rings (SSSR count). The quantitative estimate of drug-likeness (QED) is 0.749. The Hall–Kier alpha value is -2.10. The van der Waals surface area contributed by atoms with Crippen LogP contribution in [0.4, 0.5) is 0 Å². The minimum absolute atomic E-state index is 0.0156. The van der Waals surface area contributed by atoms with Crippen LogP contribution in [0.3, 0.4) is 0 Å². The van der Waals surface area contributed by atoms with E-state index in [1.807, 2.05) is 0 Å². The normalized spacial score (nSPS) is 13.9. The fourth-order valence-corrected chi connectivity index (χ4v) is 1.52. The lowest BCUT2D eigenvalue weighted by molar-refractivity contribution is 0.0991. The van der Waals surface area contributed by atoms with Crippen LogP contribution in [-0.4, -0.2) is 23.8 Å². The Morgan fingerprint density at radius 2 is 1.80 bits per heavy atom. The number of aromatic hydroxyl groups is 1. The number of phenolic OH excluding ortho intramolecular Hbond substituents is 1. The molecule has 0 aliphatic heterocycles. The Morgan fingerprint density at radius 1 is 1.13 bits per heavy atom. The van der Waals surface area contributed by atoms with Crippen LogP contribution in [0.25, 0.3) is 0 Å². The summed E-state index contributed by atoms with van der Waals surface area (Å²) in [7, 11) is 1.38. The summed E-state index contributed by atoms with van der Waals surface area (Å²) < 4.78 is 4.86. The lowest BCUT2D eigenvalue weighted by Crippen LogP contribution is -2.11. The Labute approximate surface area is 85.8 Å². The van der Waals surface area contributed by atoms with Gasteiger partial charge in [-0.1, -0.05) is 0 Å². The highest BCUT2D eigenvalue weighted by atomic mass is 16.5. The molecule has 0 atom stereocenters. The number of ketones is 2. The van der Waals surface area contributed by atoms with E-state index >= 15 is 0 Å². The van der Waals surface area contributed by atoms with E-state index in [4.69, 9.17) is 4.74 Å². The SMILES string of the molecule is COc1ccc2c(c1O)C(=O)C=CC2=O. The molecule has 4 heteroatoms. The molecule has 0 unspecified atom stereocenters. The highest BCUT2D eigenvalue weighted by Crippen LogP contribution is 2.34. The average molecular weight is 204 g/mol. The van der Waals surface area contributed by atoms with Gasteiger partial charge in [0, 0.05) is 5.56 Å². The highest BCUT2D eigenvalue weighted by Gasteiger charge is 2.24. The zero-order valence-corrected chi connectivity index (χ0v) is 7.98. The van der Waals surface area contributed by atoms with Gasteiger partial charge in [0.2, 0.25) is 0 Å². The van der Waals surface area contributed by atoms with Crippen LogP contribution >= 0.6 is 0 Å². The first-order valence-electron chi connectivity index (χ1n) is 4.32. The molecule has 1 aliphatic carbocycles. The predicted octanol–water partition coefficient (Wildman–Crippen LogP) is 1.34. The van der Waals surface area contributed by atoms with Crippen molar-refractivity contribution in [3.05, 3.63) is 35.4 Å². The molecule has 0 amide bonds. The zero-order chi connectivity index (χ0) is 11.0. The first-order chi connectivity index (χ1) is 7.15. The fourth-order valence-electron chi connectivity index (χ4n) is 1.52. The maximum atomic E-state index is 11.5. The number of benzene rings is 1. The van der Waals surface area contributed by atoms with Gasteiger partial charge in [-0.05, 0) is 24.3 Å². The summed E-state index contributed by atoms with van der Waals surface area (Å²) in [5.74, 6) is -0.772. The summed E-state index contributed by atoms with van der Waals surface area (Å²) in [6, 6.07) is 2.93. The molecule has 1 N–H and O–H groups in total. The molecule has 15 heavy (non-hydrogen) atoms. The Bertz CT molecular complexity index is 486. The number of methoxy groups -OCH3 is 1. The summed E-state index contributed by atoms with van der Waals surface area (Å²) in [6.45, 7) is 0. The molecule has 4 nitrogen and oxygen atoms in total. The van der Waals surface area contributed by atoms with Crippen LogP contribution in [0, 0.1) is 0 Å². The van der Waals surface area contributed by atoms with Crippen molar-refractivity contribution >= 4 is 11.6 Å². The zero-order valence-electron chi connectivity index (χ0n) is 7.98. The standard InChI is InChI=1S/C11H8O4/c1-15-9-5-2-6-7(12)3-4-8(13)10(6)11(9)14/h2-5,14H,1H3. The second-order valence-corrected chi connectivity index (χ2v) is 3.10. The van der Waals surface area contributed by atoms with Gasteiger partial charge in [0.05, 0.1) is 12.7 Å². The van der Waals surface area contributed by atoms with Crippen molar-refractivity contribution in [1.82, 2.24) is 0 Å². The van der Waals surface area contributed by atoms with E-state index in [1.54, 1.807) is 0 Å². The molecule has 0 spiro atoms. The van der Waals surface area contributed by atoms with Crippen LogP contribution < -0.4 is 4.74 Å². The first-order valence-corrected chi connectivity index (χ1v) is 4.32. The van der Waals surface area contributed by atoms with Crippen molar-refractivity contribution in [1.29, 1.82) is 0 Å². The minimum atomic E-state index is -0.388. The molecular formula is C11H8O4. The van der Waals surface area contributed by atoms with Crippen LogP contribution in [0.2, 0.25) is 0 Å². The van der Waals surface area contributed by atoms with Gasteiger partial charge in [0.1, 0.15) is 0 Å². The number of fused-ring (bicyclic) bond motifs is 1. The third kappa shape index (κ3) is 1.30. The Morgan fingerprint density at radius 3 is 2.47 bits per heavy atom. The van der Waals surface area contributed by atoms with Gasteiger partial charge in [0.25, 0.3) is 0 Å². The van der Waals surface area contributed by atoms with Gasteiger partial charge in [-0.25, -0.2) is 0 Å². The molecule has 0 fully saturated rings. The van der Waals surface area contributed by atoms with Crippen molar-refractivity contribution in [3.63, 3.8) is 0 Å². The summed E-state index contributed by atoms with van der Waals surface area (Å²) in [5, 5.41) is 9.69. The molecule has 0 radical (unpaired) electrons. The van der Waals surface area contributed by atoms with E-state index < -0.39 is 0 Å². The average Bonchev–Trinajstić information content (AvgIpc) is 2.23. The molecule has 0 saturated carbocycles. The van der Waals surface area contributed by atoms with Gasteiger partial charge in [-0.3, -0.25) is 9.59 Å². The number of hydrogen-bond acceptors (Lipinski definition) is 4. The van der Waals surface area contributed by atoms with Crippen LogP contribution in [-0.2, 0) is 0 Å². The molecule has 0 aromatic heterocycles. The number of carbonyl (C=O) groups is 2. The number of phenols is 1. The van der Waals surface area contributed by atoms with E-state index in [0.29, 0.717) is 0 Å². The maximum Gasteiger partial charge on any atom is 0.190 e. The van der Waals surface area contributed by atoms with Gasteiger partial charge in [0.15, 0.2) is 23.1 Å². The summed E-state index contributed by atoms with van der Waals surface area (Å²) >= 11 is 0. The third-order valence-corrected chi connectivity index (χ3v) is 2.26. The van der Waals surface area contributed by atoms with Gasteiger partial charge in [-0.2, -0.15) is 0 Å². The van der Waals surface area contributed by atoms with Gasteiger partial charge < -0.3 is 9.84 Å². The van der Waals surface area contributed by atoms with E-state index in [9.17, 15) is 14.7 Å². The monoisotopic (exact) mass is 204 g/mol. The smallest absolute Gasteiger partial charge is 0.190 e. The number of allylic oxidation sites excluding steroid dienone is 2. The van der Waals surface area contributed by atoms with E-state index in [1.165, 1.54) is 25.3 Å². The third-order valence-electron chi connectivity index (χ3n) is 2.26. The number of carbonyl (C=O) groups excluding carboxylic acids is 2. The fraction of sp³-hybridized carbons (Fsp3) is 0.0909. The maximum absolute atomic E-state index is 11.5.